The Labute approximate surface area is 123 Å². The Morgan fingerprint density at radius 1 is 1.48 bits per heavy atom. The molecule has 0 aliphatic rings. The van der Waals surface area contributed by atoms with E-state index in [-0.39, 0.29) is 0 Å². The van der Waals surface area contributed by atoms with Crippen LogP contribution in [0.1, 0.15) is 25.0 Å². The molecule has 0 aliphatic heterocycles. The first kappa shape index (κ1) is 16.4. The van der Waals surface area contributed by atoms with E-state index < -0.39 is 6.03 Å². The molecule has 0 fully saturated rings. The van der Waals surface area contributed by atoms with Crippen LogP contribution < -0.4 is 16.4 Å². The van der Waals surface area contributed by atoms with Crippen LogP contribution in [0.4, 0.5) is 10.6 Å². The smallest absolute Gasteiger partial charge is 0.316 e. The molecule has 0 radical (unpaired) electrons. The van der Waals surface area contributed by atoms with Crippen molar-refractivity contribution in [2.75, 3.05) is 19.4 Å². The minimum Gasteiger partial charge on any atom is -0.373 e. The fraction of sp³-hybridized carbons (Fsp3) is 0.286. The lowest BCUT2D eigenvalue weighted by Crippen LogP contribution is -2.29. The van der Waals surface area contributed by atoms with E-state index in [1.54, 1.807) is 27.2 Å². The maximum Gasteiger partial charge on any atom is 0.316 e. The predicted octanol–water partition coefficient (Wildman–Crippen LogP) is 1.50. The summed E-state index contributed by atoms with van der Waals surface area (Å²) in [4.78, 5) is 19.4. The van der Waals surface area contributed by atoms with Gasteiger partial charge in [0.1, 0.15) is 5.82 Å². The molecular formula is C14H20N6O. The summed E-state index contributed by atoms with van der Waals surface area (Å²) >= 11 is 0. The SMILES string of the molecule is C/N=C(\C(C)=C(/C)NC(N)=O)c1cnc(NC)c(C=N)c1. The lowest BCUT2D eigenvalue weighted by atomic mass is 10.0. The number of primary amides is 1. The van der Waals surface area contributed by atoms with Crippen molar-refractivity contribution in [2.24, 2.45) is 10.7 Å². The number of urea groups is 1. The number of aromatic nitrogens is 1. The van der Waals surface area contributed by atoms with Gasteiger partial charge in [0.2, 0.25) is 0 Å². The fourth-order valence-electron chi connectivity index (χ4n) is 1.90. The quantitative estimate of drug-likeness (QED) is 0.615. The van der Waals surface area contributed by atoms with Crippen LogP contribution in [0.2, 0.25) is 0 Å². The summed E-state index contributed by atoms with van der Waals surface area (Å²) in [6.45, 7) is 3.59. The highest BCUT2D eigenvalue weighted by Gasteiger charge is 2.12. The van der Waals surface area contributed by atoms with Gasteiger partial charge in [-0.25, -0.2) is 9.78 Å². The van der Waals surface area contributed by atoms with Gasteiger partial charge in [0, 0.05) is 43.3 Å². The summed E-state index contributed by atoms with van der Waals surface area (Å²) in [6, 6.07) is 1.20. The van der Waals surface area contributed by atoms with Crippen LogP contribution in [0.3, 0.4) is 0 Å². The Morgan fingerprint density at radius 3 is 2.62 bits per heavy atom. The second-order valence-electron chi connectivity index (χ2n) is 4.37. The van der Waals surface area contributed by atoms with E-state index in [4.69, 9.17) is 11.1 Å². The predicted molar refractivity (Wildman–Crippen MR) is 85.2 cm³/mol. The average molecular weight is 288 g/mol. The number of pyridine rings is 1. The summed E-state index contributed by atoms with van der Waals surface area (Å²) < 4.78 is 0. The van der Waals surface area contributed by atoms with Crippen molar-refractivity contribution in [3.63, 3.8) is 0 Å². The molecule has 1 heterocycles. The number of hydrogen-bond acceptors (Lipinski definition) is 5. The number of aliphatic imine (C=N–C) groups is 1. The van der Waals surface area contributed by atoms with E-state index in [0.717, 1.165) is 11.1 Å². The molecule has 0 saturated heterocycles. The molecule has 0 aromatic carbocycles. The molecule has 112 valence electrons. The third kappa shape index (κ3) is 3.88. The van der Waals surface area contributed by atoms with E-state index in [2.05, 4.69) is 20.6 Å². The summed E-state index contributed by atoms with van der Waals surface area (Å²) in [5, 5.41) is 12.9. The molecule has 7 heteroatoms. The molecule has 1 aromatic rings. The number of hydrogen-bond donors (Lipinski definition) is 4. The lowest BCUT2D eigenvalue weighted by molar-refractivity contribution is 0.251. The van der Waals surface area contributed by atoms with Crippen molar-refractivity contribution in [2.45, 2.75) is 13.8 Å². The van der Waals surface area contributed by atoms with Crippen LogP contribution in [-0.4, -0.2) is 37.0 Å². The van der Waals surface area contributed by atoms with Crippen molar-refractivity contribution >= 4 is 23.8 Å². The number of amides is 2. The highest BCUT2D eigenvalue weighted by molar-refractivity contribution is 6.13. The molecule has 1 aromatic heterocycles. The highest BCUT2D eigenvalue weighted by atomic mass is 16.2. The normalized spacial score (nSPS) is 12.5. The molecule has 5 N–H and O–H groups in total. The van der Waals surface area contributed by atoms with Crippen molar-refractivity contribution in [1.82, 2.24) is 10.3 Å². The highest BCUT2D eigenvalue weighted by Crippen LogP contribution is 2.16. The van der Waals surface area contributed by atoms with Gasteiger partial charge in [0.05, 0.1) is 5.71 Å². The topological polar surface area (TPSA) is 116 Å². The zero-order chi connectivity index (χ0) is 16.0. The first-order valence-corrected chi connectivity index (χ1v) is 6.34. The van der Waals surface area contributed by atoms with Gasteiger partial charge < -0.3 is 21.8 Å². The van der Waals surface area contributed by atoms with Crippen LogP contribution in [0.5, 0.6) is 0 Å². The van der Waals surface area contributed by atoms with E-state index >= 15 is 0 Å². The number of nitrogens with zero attached hydrogens (tertiary/aromatic N) is 2. The number of nitrogens with one attached hydrogen (secondary N) is 3. The molecule has 0 unspecified atom stereocenters. The van der Waals surface area contributed by atoms with E-state index in [0.29, 0.717) is 22.8 Å². The maximum absolute atomic E-state index is 10.9. The third-order valence-corrected chi connectivity index (χ3v) is 3.03. The second-order valence-corrected chi connectivity index (χ2v) is 4.37. The second kappa shape index (κ2) is 7.18. The minimum atomic E-state index is -0.619. The summed E-state index contributed by atoms with van der Waals surface area (Å²) in [7, 11) is 3.41. The van der Waals surface area contributed by atoms with Crippen LogP contribution in [-0.2, 0) is 0 Å². The Morgan fingerprint density at radius 2 is 2.14 bits per heavy atom. The molecule has 0 saturated carbocycles. The number of anilines is 1. The van der Waals surface area contributed by atoms with Gasteiger partial charge in [-0.05, 0) is 25.5 Å². The molecular weight excluding hydrogens is 268 g/mol. The number of carbonyl (C=O) groups is 1. The molecule has 0 spiro atoms. The molecule has 0 atom stereocenters. The Hall–Kier alpha value is -2.70. The zero-order valence-corrected chi connectivity index (χ0v) is 12.6. The lowest BCUT2D eigenvalue weighted by Gasteiger charge is -2.12. The molecule has 1 rings (SSSR count). The van der Waals surface area contributed by atoms with Crippen LogP contribution in [0, 0.1) is 5.41 Å². The maximum atomic E-state index is 10.9. The van der Waals surface area contributed by atoms with E-state index in [1.165, 1.54) is 6.21 Å². The van der Waals surface area contributed by atoms with E-state index in [9.17, 15) is 4.79 Å². The standard InChI is InChI=1S/C14H20N6O/c1-8(9(2)20-14(16)21)12(17-3)11-5-10(6-15)13(18-4)19-7-11/h5-7,15H,1-4H3,(H,18,19)(H3,16,20,21)/b9-8+,15-6?,17-12+. The monoisotopic (exact) mass is 288 g/mol. The van der Waals surface area contributed by atoms with Crippen LogP contribution >= 0.6 is 0 Å². The van der Waals surface area contributed by atoms with E-state index in [1.807, 2.05) is 13.0 Å². The third-order valence-electron chi connectivity index (χ3n) is 3.03. The van der Waals surface area contributed by atoms with Crippen molar-refractivity contribution in [3.05, 3.63) is 34.7 Å². The van der Waals surface area contributed by atoms with Crippen molar-refractivity contribution < 1.29 is 4.79 Å². The van der Waals surface area contributed by atoms with Gasteiger partial charge in [-0.2, -0.15) is 0 Å². The summed E-state index contributed by atoms with van der Waals surface area (Å²) in [5.41, 5.74) is 8.63. The average Bonchev–Trinajstić information content (AvgIpc) is 2.46. The van der Waals surface area contributed by atoms with Gasteiger partial charge in [0.15, 0.2) is 0 Å². The Kier molecular flexibility index (Phi) is 5.59. The summed E-state index contributed by atoms with van der Waals surface area (Å²) in [6.07, 6.45) is 2.89. The van der Waals surface area contributed by atoms with Gasteiger partial charge >= 0.3 is 6.03 Å². The number of rotatable bonds is 5. The first-order chi connectivity index (χ1) is 9.94. The van der Waals surface area contributed by atoms with Crippen molar-refractivity contribution in [3.8, 4) is 0 Å². The molecule has 0 bridgehead atoms. The number of nitrogens with two attached hydrogens (primary N) is 1. The summed E-state index contributed by atoms with van der Waals surface area (Å²) in [5.74, 6) is 0.623. The van der Waals surface area contributed by atoms with Crippen molar-refractivity contribution in [1.29, 1.82) is 5.41 Å². The molecule has 21 heavy (non-hydrogen) atoms. The van der Waals surface area contributed by atoms with Gasteiger partial charge in [-0.15, -0.1) is 0 Å². The van der Waals surface area contributed by atoms with Gasteiger partial charge in [-0.3, -0.25) is 4.99 Å². The largest absolute Gasteiger partial charge is 0.373 e. The molecule has 0 aliphatic carbocycles. The Balaban J connectivity index is 3.29. The fourth-order valence-corrected chi connectivity index (χ4v) is 1.90. The molecule has 7 nitrogen and oxygen atoms in total. The van der Waals surface area contributed by atoms with Crippen LogP contribution in [0.15, 0.2) is 28.5 Å². The number of allylic oxidation sites excluding steroid dienone is 2. The van der Waals surface area contributed by atoms with Gasteiger partial charge in [-0.1, -0.05) is 0 Å². The minimum absolute atomic E-state index is 0.619. The Bertz CT molecular complexity index is 618. The number of carbonyl (C=O) groups excluding carboxylic acids is 1. The van der Waals surface area contributed by atoms with Crippen LogP contribution in [0.25, 0.3) is 0 Å². The zero-order valence-electron chi connectivity index (χ0n) is 12.6. The van der Waals surface area contributed by atoms with Gasteiger partial charge in [0.25, 0.3) is 0 Å². The first-order valence-electron chi connectivity index (χ1n) is 6.34. The molecule has 2 amide bonds.